The fourth-order valence-electron chi connectivity index (χ4n) is 3.23. The molecule has 1 aliphatic carbocycles. The molecule has 0 radical (unpaired) electrons. The minimum absolute atomic E-state index is 0.157. The summed E-state index contributed by atoms with van der Waals surface area (Å²) in [5.41, 5.74) is 1.87. The topological polar surface area (TPSA) is 88.2 Å². The number of carbonyl (C=O) groups excluding carboxylic acids is 1. The molecule has 0 aliphatic heterocycles. The first-order valence-corrected chi connectivity index (χ1v) is 8.62. The lowest BCUT2D eigenvalue weighted by Crippen LogP contribution is -2.41. The van der Waals surface area contributed by atoms with Gasteiger partial charge in [0.15, 0.2) is 11.5 Å². The number of carbonyl (C=O) groups is 1. The van der Waals surface area contributed by atoms with Crippen molar-refractivity contribution in [1.82, 2.24) is 15.5 Å². The molecule has 1 saturated carbocycles. The van der Waals surface area contributed by atoms with Crippen LogP contribution in [0.5, 0.6) is 0 Å². The molecule has 0 bridgehead atoms. The lowest BCUT2D eigenvalue weighted by atomic mass is 9.76. The summed E-state index contributed by atoms with van der Waals surface area (Å²) in [4.78, 5) is 17.0. The highest BCUT2D eigenvalue weighted by atomic mass is 16.5. The summed E-state index contributed by atoms with van der Waals surface area (Å²) in [6, 6.07) is 16.5. The van der Waals surface area contributed by atoms with Gasteiger partial charge < -0.3 is 14.9 Å². The first kappa shape index (κ1) is 16.5. The minimum atomic E-state index is -0.312. The average Bonchev–Trinajstić information content (AvgIpc) is 3.15. The molecular weight excluding hydrogens is 330 g/mol. The zero-order valence-corrected chi connectivity index (χ0v) is 14.1. The maximum absolute atomic E-state index is 12.7. The Morgan fingerprint density at radius 2 is 1.92 bits per heavy atom. The molecule has 0 saturated heterocycles. The van der Waals surface area contributed by atoms with Crippen molar-refractivity contribution >= 4 is 5.91 Å². The minimum Gasteiger partial charge on any atom is -0.393 e. The van der Waals surface area contributed by atoms with Crippen molar-refractivity contribution in [2.24, 2.45) is 5.92 Å². The predicted molar refractivity (Wildman–Crippen MR) is 95.1 cm³/mol. The van der Waals surface area contributed by atoms with Crippen LogP contribution in [0.25, 0.3) is 11.3 Å². The maximum Gasteiger partial charge on any atom is 0.274 e. The highest BCUT2D eigenvalue weighted by Gasteiger charge is 2.36. The summed E-state index contributed by atoms with van der Waals surface area (Å²) >= 11 is 0. The van der Waals surface area contributed by atoms with Crippen LogP contribution in [-0.4, -0.2) is 27.3 Å². The molecule has 4 rings (SSSR count). The molecule has 2 aromatic heterocycles. The number of hydrogen-bond donors (Lipinski definition) is 2. The van der Waals surface area contributed by atoms with Crippen LogP contribution in [0.1, 0.15) is 35.1 Å². The van der Waals surface area contributed by atoms with Crippen LogP contribution in [0.3, 0.4) is 0 Å². The highest BCUT2D eigenvalue weighted by Crippen LogP contribution is 2.37. The third-order valence-electron chi connectivity index (χ3n) is 4.72. The zero-order valence-electron chi connectivity index (χ0n) is 14.1. The molecule has 1 fully saturated rings. The van der Waals surface area contributed by atoms with Gasteiger partial charge in [0.2, 0.25) is 0 Å². The van der Waals surface area contributed by atoms with Crippen LogP contribution in [0, 0.1) is 5.92 Å². The number of nitrogens with one attached hydrogen (secondary N) is 1. The Bertz CT molecular complexity index is 874. The van der Waals surface area contributed by atoms with Gasteiger partial charge in [0.25, 0.3) is 5.91 Å². The standard InChI is InChI=1S/C20H19N3O3/c24-15-10-14(11-15)19(16-8-4-5-9-21-16)22-20(25)17-12-18(26-23-17)13-6-2-1-3-7-13/h1-9,12,14-15,19,24H,10-11H2,(H,22,25)/t14?,15?,19-/m1/s1. The van der Waals surface area contributed by atoms with Crippen LogP contribution in [0.15, 0.2) is 65.3 Å². The molecule has 0 unspecified atom stereocenters. The van der Waals surface area contributed by atoms with Crippen molar-refractivity contribution in [1.29, 1.82) is 0 Å². The van der Waals surface area contributed by atoms with E-state index in [4.69, 9.17) is 4.52 Å². The average molecular weight is 349 g/mol. The van der Waals surface area contributed by atoms with Crippen LogP contribution in [0.2, 0.25) is 0 Å². The fourth-order valence-corrected chi connectivity index (χ4v) is 3.23. The van der Waals surface area contributed by atoms with Crippen LogP contribution < -0.4 is 5.32 Å². The van der Waals surface area contributed by atoms with Crippen LogP contribution in [0.4, 0.5) is 0 Å². The molecule has 1 aliphatic rings. The lowest BCUT2D eigenvalue weighted by molar-refractivity contribution is 0.0227. The molecule has 132 valence electrons. The number of aliphatic hydroxyl groups is 1. The number of nitrogens with zero attached hydrogens (tertiary/aromatic N) is 2. The van der Waals surface area contributed by atoms with Gasteiger partial charge in [-0.1, -0.05) is 41.6 Å². The maximum atomic E-state index is 12.7. The van der Waals surface area contributed by atoms with E-state index in [0.29, 0.717) is 18.6 Å². The van der Waals surface area contributed by atoms with Crippen molar-refractivity contribution in [3.05, 3.63) is 72.2 Å². The monoisotopic (exact) mass is 349 g/mol. The van der Waals surface area contributed by atoms with Crippen molar-refractivity contribution in [3.8, 4) is 11.3 Å². The predicted octanol–water partition coefficient (Wildman–Crippen LogP) is 2.98. The Hall–Kier alpha value is -2.99. The first-order chi connectivity index (χ1) is 12.7. The summed E-state index contributed by atoms with van der Waals surface area (Å²) in [6.07, 6.45) is 2.69. The summed E-state index contributed by atoms with van der Waals surface area (Å²) in [5.74, 6) is 0.390. The van der Waals surface area contributed by atoms with E-state index >= 15 is 0 Å². The van der Waals surface area contributed by atoms with E-state index in [9.17, 15) is 9.90 Å². The molecule has 6 heteroatoms. The number of aliphatic hydroxyl groups excluding tert-OH is 1. The molecular formula is C20H19N3O3. The number of hydrogen-bond acceptors (Lipinski definition) is 5. The van der Waals surface area contributed by atoms with Gasteiger partial charge in [-0.05, 0) is 30.9 Å². The van der Waals surface area contributed by atoms with Gasteiger partial charge in [0.05, 0.1) is 17.8 Å². The summed E-state index contributed by atoms with van der Waals surface area (Å²) in [7, 11) is 0. The second-order valence-electron chi connectivity index (χ2n) is 6.53. The van der Waals surface area contributed by atoms with E-state index < -0.39 is 0 Å². The van der Waals surface area contributed by atoms with E-state index in [-0.39, 0.29) is 29.7 Å². The van der Waals surface area contributed by atoms with E-state index in [0.717, 1.165) is 11.3 Å². The van der Waals surface area contributed by atoms with Gasteiger partial charge in [0, 0.05) is 17.8 Å². The summed E-state index contributed by atoms with van der Waals surface area (Å²) in [5, 5.41) is 16.5. The Balaban J connectivity index is 1.53. The molecule has 3 aromatic rings. The molecule has 0 spiro atoms. The summed E-state index contributed by atoms with van der Waals surface area (Å²) < 4.78 is 5.31. The van der Waals surface area contributed by atoms with Crippen LogP contribution >= 0.6 is 0 Å². The molecule has 1 aromatic carbocycles. The lowest BCUT2D eigenvalue weighted by Gasteiger charge is -2.37. The number of pyridine rings is 1. The first-order valence-electron chi connectivity index (χ1n) is 8.62. The van der Waals surface area contributed by atoms with Gasteiger partial charge in [-0.25, -0.2) is 0 Å². The Morgan fingerprint density at radius 3 is 2.62 bits per heavy atom. The van der Waals surface area contributed by atoms with Gasteiger partial charge >= 0.3 is 0 Å². The third kappa shape index (κ3) is 3.36. The van der Waals surface area contributed by atoms with Crippen molar-refractivity contribution < 1.29 is 14.4 Å². The number of amides is 1. The molecule has 1 atom stereocenters. The second kappa shape index (κ2) is 7.09. The number of rotatable bonds is 5. The van der Waals surface area contributed by atoms with Gasteiger partial charge in [0.1, 0.15) is 0 Å². The molecule has 1 amide bonds. The van der Waals surface area contributed by atoms with Crippen molar-refractivity contribution in [3.63, 3.8) is 0 Å². The van der Waals surface area contributed by atoms with Crippen LogP contribution in [-0.2, 0) is 0 Å². The quantitative estimate of drug-likeness (QED) is 0.739. The van der Waals surface area contributed by atoms with E-state index in [1.54, 1.807) is 12.3 Å². The number of benzene rings is 1. The van der Waals surface area contributed by atoms with Crippen molar-refractivity contribution in [2.75, 3.05) is 0 Å². The highest BCUT2D eigenvalue weighted by molar-refractivity contribution is 5.93. The smallest absolute Gasteiger partial charge is 0.274 e. The van der Waals surface area contributed by atoms with E-state index in [2.05, 4.69) is 15.5 Å². The van der Waals surface area contributed by atoms with Gasteiger partial charge in [-0.15, -0.1) is 0 Å². The number of aromatic nitrogens is 2. The van der Waals surface area contributed by atoms with Gasteiger partial charge in [-0.2, -0.15) is 0 Å². The molecule has 2 N–H and O–H groups in total. The SMILES string of the molecule is O=C(N[C@@H](c1ccccn1)C1CC(O)C1)c1cc(-c2ccccc2)on1. The molecule has 26 heavy (non-hydrogen) atoms. The molecule has 2 heterocycles. The Kier molecular flexibility index (Phi) is 4.50. The van der Waals surface area contributed by atoms with E-state index in [1.807, 2.05) is 48.5 Å². The zero-order chi connectivity index (χ0) is 17.9. The van der Waals surface area contributed by atoms with E-state index in [1.165, 1.54) is 0 Å². The Labute approximate surface area is 150 Å². The summed E-state index contributed by atoms with van der Waals surface area (Å²) in [6.45, 7) is 0. The Morgan fingerprint density at radius 1 is 1.15 bits per heavy atom. The second-order valence-corrected chi connectivity index (χ2v) is 6.53. The molecule has 6 nitrogen and oxygen atoms in total. The van der Waals surface area contributed by atoms with Gasteiger partial charge in [-0.3, -0.25) is 9.78 Å². The van der Waals surface area contributed by atoms with Crippen molar-refractivity contribution in [2.45, 2.75) is 25.0 Å². The third-order valence-corrected chi connectivity index (χ3v) is 4.72. The largest absolute Gasteiger partial charge is 0.393 e. The normalized spacial score (nSPS) is 20.2. The fraction of sp³-hybridized carbons (Fsp3) is 0.250.